The number of allylic oxidation sites excluding steroid dienone is 7. The average Bonchev–Trinajstić information content (AvgIpc) is 0.824. The molecule has 0 saturated carbocycles. The summed E-state index contributed by atoms with van der Waals surface area (Å²) in [5.41, 5.74) is -1.77. The minimum absolute atomic E-state index is 0.0522. The molecule has 2 aliphatic rings. The minimum atomic E-state index is -2.60. The predicted molar refractivity (Wildman–Crippen MR) is 391 cm³/mol. The minimum Gasteiger partial charge on any atom is -0.481 e. The zero-order valence-electron chi connectivity index (χ0n) is 63.9. The van der Waals surface area contributed by atoms with Crippen molar-refractivity contribution < 1.29 is 109 Å². The fourth-order valence-corrected chi connectivity index (χ4v) is 13.0. The highest BCUT2D eigenvalue weighted by atomic mass is 16.6. The van der Waals surface area contributed by atoms with Crippen LogP contribution in [0.4, 0.5) is 0 Å². The number of Topliss-reactive ketones (excluding diaryl/α,β-unsaturated/α-hetero) is 1. The third kappa shape index (κ3) is 29.3. The zero-order chi connectivity index (χ0) is 78.9. The highest BCUT2D eigenvalue weighted by Gasteiger charge is 2.46. The molecule has 25 heteroatoms. The van der Waals surface area contributed by atoms with Gasteiger partial charge in [-0.3, -0.25) is 24.0 Å². The molecule has 0 aliphatic carbocycles. The lowest BCUT2D eigenvalue weighted by Gasteiger charge is -2.37. The highest BCUT2D eigenvalue weighted by molar-refractivity contribution is 5.95. The van der Waals surface area contributed by atoms with Gasteiger partial charge in [0.1, 0.15) is 11.9 Å². The summed E-state index contributed by atoms with van der Waals surface area (Å²) in [6.07, 6.45) is 6.32. The number of fused-ring (bicyclic) bond motifs is 2. The summed E-state index contributed by atoms with van der Waals surface area (Å²) in [5, 5.41) is 153. The topological polar surface area (TPSA) is 437 Å². The Morgan fingerprint density at radius 2 is 1.28 bits per heavy atom. The molecule has 25 atom stereocenters. The molecule has 0 spiro atoms. The molecule has 0 radical (unpaired) electrons. The van der Waals surface area contributed by atoms with Crippen LogP contribution in [-0.4, -0.2) is 211 Å². The van der Waals surface area contributed by atoms with Gasteiger partial charge in [0, 0.05) is 41.1 Å². The number of ketones is 1. The van der Waals surface area contributed by atoms with E-state index in [1.807, 2.05) is 24.3 Å². The first-order valence-corrected chi connectivity index (χ1v) is 36.4. The summed E-state index contributed by atoms with van der Waals surface area (Å²) in [4.78, 5) is 92.9. The molecule has 2 bridgehead atoms. The number of ether oxygens (including phenoxy) is 2. The van der Waals surface area contributed by atoms with E-state index in [0.29, 0.717) is 48.3 Å². The number of rotatable bonds is 25. The van der Waals surface area contributed by atoms with Crippen molar-refractivity contribution in [2.75, 3.05) is 0 Å². The van der Waals surface area contributed by atoms with Crippen molar-refractivity contribution >= 4 is 41.4 Å². The average molecular weight is 1460 g/mol. The zero-order valence-corrected chi connectivity index (χ0v) is 63.9. The first-order valence-electron chi connectivity index (χ1n) is 36.4. The van der Waals surface area contributed by atoms with Crippen LogP contribution in [0.3, 0.4) is 0 Å². The lowest BCUT2D eigenvalue weighted by molar-refractivity contribution is -0.170. The Labute approximate surface area is 610 Å². The second-order valence-electron chi connectivity index (χ2n) is 30.9. The van der Waals surface area contributed by atoms with E-state index in [-0.39, 0.29) is 31.5 Å². The number of aliphatic hydroxyl groups excluding tert-OH is 11. The van der Waals surface area contributed by atoms with E-state index in [2.05, 4.69) is 22.9 Å². The van der Waals surface area contributed by atoms with Crippen LogP contribution in [0.5, 0.6) is 0 Å². The van der Waals surface area contributed by atoms with E-state index in [9.17, 15) is 99.9 Å². The largest absolute Gasteiger partial charge is 0.481 e. The Hall–Kier alpha value is -6.07. The standard InChI is InChI=1S/C78H127N3O22/c1-41(2)64(88)62(79-60(87)34-35-77(15,16)71(94)52(13)72(95)78(17,18)76(100)101)68(92)48(9)39-46(7)66(90)44(5)31-33-57(84)51(12)73(96)81-61(53(14)82)70-50(11)56(83)32-30-43(4)65(89)45(6)38-47(8)67(91)49(10)58(85)40-55-37-42(3)36-54(102-55)28-26-24-22-20-19-21-23-25-27-29-59(86)80-63(75(99)103-70)69(93)74(97)98/h20,22-27,29-30,34-35,38-39,41-42,44-45,48-58,61-70,72,82-85,88-93,95H,19,21,28,31-33,36-37,40H2,1-18H3,(H,79,87)(H,80,86)(H,81,96)(H,97,98)(H,100,101). The first-order chi connectivity index (χ1) is 47.7. The number of aliphatic carboxylic acids is 2. The number of esters is 1. The molecule has 103 heavy (non-hydrogen) atoms. The molecule has 25 nitrogen and oxygen atoms in total. The number of amides is 3. The number of hydrogen-bond donors (Lipinski definition) is 16. The molecule has 0 aromatic carbocycles. The Balaban J connectivity index is 2.49. The third-order valence-corrected chi connectivity index (χ3v) is 20.6. The molecule has 0 aromatic heterocycles. The van der Waals surface area contributed by atoms with Crippen molar-refractivity contribution in [3.8, 4) is 0 Å². The van der Waals surface area contributed by atoms with Crippen LogP contribution >= 0.6 is 0 Å². The normalized spacial score (nSPS) is 28.8. The second-order valence-corrected chi connectivity index (χ2v) is 30.9. The van der Waals surface area contributed by atoms with E-state index >= 15 is 0 Å². The Morgan fingerprint density at radius 3 is 1.85 bits per heavy atom. The van der Waals surface area contributed by atoms with E-state index < -0.39 is 191 Å². The van der Waals surface area contributed by atoms with Crippen LogP contribution in [0.15, 0.2) is 95.7 Å². The van der Waals surface area contributed by atoms with E-state index in [0.717, 1.165) is 25.0 Å². The number of carboxylic acid groups (broad SMARTS) is 2. The number of aliphatic hydroxyl groups is 11. The van der Waals surface area contributed by atoms with Crippen molar-refractivity contribution in [2.45, 2.75) is 286 Å². The van der Waals surface area contributed by atoms with Crippen LogP contribution in [0.1, 0.15) is 182 Å². The molecule has 586 valence electrons. The maximum absolute atomic E-state index is 14.3. The van der Waals surface area contributed by atoms with Gasteiger partial charge in [0.2, 0.25) is 17.7 Å². The maximum atomic E-state index is 14.3. The monoisotopic (exact) mass is 1460 g/mol. The van der Waals surface area contributed by atoms with Gasteiger partial charge in [-0.25, -0.2) is 9.59 Å². The Kier molecular flexibility index (Phi) is 39.3. The molecule has 2 rings (SSSR count). The van der Waals surface area contributed by atoms with Crippen LogP contribution in [0, 0.1) is 64.1 Å². The first kappa shape index (κ1) is 93.0. The summed E-state index contributed by atoms with van der Waals surface area (Å²) in [6, 6.07) is -5.20. The van der Waals surface area contributed by atoms with Gasteiger partial charge in [-0.2, -0.15) is 0 Å². The van der Waals surface area contributed by atoms with Crippen LogP contribution in [0.25, 0.3) is 0 Å². The van der Waals surface area contributed by atoms with Gasteiger partial charge >= 0.3 is 17.9 Å². The quantitative estimate of drug-likeness (QED) is 0.0292. The fourth-order valence-electron chi connectivity index (χ4n) is 13.0. The van der Waals surface area contributed by atoms with Gasteiger partial charge in [-0.05, 0) is 154 Å². The molecular formula is C78H127N3O22. The lowest BCUT2D eigenvalue weighted by Crippen LogP contribution is -2.59. The molecule has 1 fully saturated rings. The Morgan fingerprint density at radius 1 is 0.699 bits per heavy atom. The molecule has 2 aliphatic heterocycles. The lowest BCUT2D eigenvalue weighted by atomic mass is 9.72. The van der Waals surface area contributed by atoms with Crippen molar-refractivity contribution in [3.05, 3.63) is 95.7 Å². The van der Waals surface area contributed by atoms with Gasteiger partial charge in [0.25, 0.3) is 0 Å². The highest BCUT2D eigenvalue weighted by Crippen LogP contribution is 2.35. The van der Waals surface area contributed by atoms with Crippen LogP contribution < -0.4 is 16.0 Å². The number of nitrogens with one attached hydrogen (secondary N) is 3. The molecule has 16 N–H and O–H groups in total. The third-order valence-electron chi connectivity index (χ3n) is 20.6. The predicted octanol–water partition coefficient (Wildman–Crippen LogP) is 5.79. The maximum Gasteiger partial charge on any atom is 0.335 e. The smallest absolute Gasteiger partial charge is 0.335 e. The number of carboxylic acids is 2. The number of carbonyl (C=O) groups is 7. The van der Waals surface area contributed by atoms with Crippen molar-refractivity contribution in [2.24, 2.45) is 64.1 Å². The van der Waals surface area contributed by atoms with Crippen LogP contribution in [0.2, 0.25) is 0 Å². The number of hydrogen-bond acceptors (Lipinski definition) is 20. The fraction of sp³-hybridized carbons (Fsp3) is 0.705. The molecule has 0 aromatic rings. The number of cyclic esters (lactones) is 1. The van der Waals surface area contributed by atoms with Gasteiger partial charge in [0.05, 0.1) is 96.7 Å². The summed E-state index contributed by atoms with van der Waals surface area (Å²) in [5.74, 6) is -14.4. The molecular weight excluding hydrogens is 1330 g/mol. The van der Waals surface area contributed by atoms with Crippen molar-refractivity contribution in [1.82, 2.24) is 16.0 Å². The molecule has 3 amide bonds. The summed E-state index contributed by atoms with van der Waals surface area (Å²) in [6.45, 7) is 28.1. The van der Waals surface area contributed by atoms with Crippen molar-refractivity contribution in [3.63, 3.8) is 0 Å². The SMILES string of the molecule is CC1=CCC(O)C(C)C(C(NC(=O)C(C)C(O)CCC(C)C(O)C(C)=CC(C)C(O)C(NC(=O)C=CC(C)(C)C(=O)C(C)C(O)C(C)(C)C(=O)O)C(O)C(C)C)C(C)O)OC(=O)C(C(O)C(=O)O)NC(=O)C=CC=CCCC=CC=CCC2CC(C)CC(CC(O)C(C)C(O)C(C)=CC(C)C1O)O2. The summed E-state index contributed by atoms with van der Waals surface area (Å²) < 4.78 is 12.3. The summed E-state index contributed by atoms with van der Waals surface area (Å²) in [7, 11) is 0. The van der Waals surface area contributed by atoms with E-state index in [4.69, 9.17) is 9.47 Å². The number of carbonyl (C=O) groups excluding carboxylic acids is 5. The Bertz CT molecular complexity index is 2980. The van der Waals surface area contributed by atoms with E-state index in [1.54, 1.807) is 86.6 Å². The van der Waals surface area contributed by atoms with E-state index in [1.165, 1.54) is 73.6 Å². The molecule has 2 heterocycles. The molecule has 1 saturated heterocycles. The van der Waals surface area contributed by atoms with Gasteiger partial charge < -0.3 is 91.8 Å². The van der Waals surface area contributed by atoms with Crippen molar-refractivity contribution in [1.29, 1.82) is 0 Å². The second kappa shape index (κ2) is 43.5. The van der Waals surface area contributed by atoms with Gasteiger partial charge in [0.15, 0.2) is 12.1 Å². The van der Waals surface area contributed by atoms with Gasteiger partial charge in [-0.15, -0.1) is 0 Å². The molecule has 25 unspecified atom stereocenters. The summed E-state index contributed by atoms with van der Waals surface area (Å²) >= 11 is 0. The van der Waals surface area contributed by atoms with Gasteiger partial charge in [-0.1, -0.05) is 136 Å². The van der Waals surface area contributed by atoms with Crippen LogP contribution in [-0.2, 0) is 43.0 Å².